The van der Waals surface area contributed by atoms with Gasteiger partial charge < -0.3 is 5.32 Å². The zero-order valence-corrected chi connectivity index (χ0v) is 15.2. The van der Waals surface area contributed by atoms with Crippen LogP contribution in [0.4, 0.5) is 10.1 Å². The highest BCUT2D eigenvalue weighted by Crippen LogP contribution is 2.28. The van der Waals surface area contributed by atoms with Crippen LogP contribution in [0.1, 0.15) is 22.2 Å². The van der Waals surface area contributed by atoms with E-state index in [0.717, 1.165) is 16.0 Å². The highest BCUT2D eigenvalue weighted by atomic mass is 32.1. The summed E-state index contributed by atoms with van der Waals surface area (Å²) >= 11 is 1.31. The van der Waals surface area contributed by atoms with Crippen molar-refractivity contribution in [3.05, 3.63) is 76.9 Å². The molecule has 1 heterocycles. The fourth-order valence-electron chi connectivity index (χ4n) is 2.31. The summed E-state index contributed by atoms with van der Waals surface area (Å²) in [7, 11) is 0. The molecule has 0 saturated carbocycles. The number of amides is 2. The Hall–Kier alpha value is -3.32. The predicted molar refractivity (Wildman–Crippen MR) is 106 cm³/mol. The van der Waals surface area contributed by atoms with Gasteiger partial charge in [-0.25, -0.2) is 9.82 Å². The average Bonchev–Trinajstić information content (AvgIpc) is 3.13. The van der Waals surface area contributed by atoms with Gasteiger partial charge in [0.05, 0.1) is 11.1 Å². The van der Waals surface area contributed by atoms with Crippen molar-refractivity contribution in [1.29, 1.82) is 0 Å². The highest BCUT2D eigenvalue weighted by molar-refractivity contribution is 7.17. The zero-order valence-electron chi connectivity index (χ0n) is 14.4. The lowest BCUT2D eigenvalue weighted by Gasteiger charge is -2.01. The molecule has 2 N–H and O–H groups in total. The van der Waals surface area contributed by atoms with Crippen molar-refractivity contribution >= 4 is 35.1 Å². The molecule has 0 aliphatic rings. The molecular weight excluding hydrogens is 365 g/mol. The smallest absolute Gasteiger partial charge is 0.281 e. The molecule has 0 fully saturated rings. The van der Waals surface area contributed by atoms with Crippen LogP contribution >= 0.6 is 11.3 Å². The Labute approximate surface area is 159 Å². The maximum absolute atomic E-state index is 13.0. The van der Waals surface area contributed by atoms with Gasteiger partial charge in [-0.05, 0) is 47.5 Å². The van der Waals surface area contributed by atoms with E-state index in [2.05, 4.69) is 15.8 Å². The average molecular weight is 381 g/mol. The number of thiophene rings is 1. The minimum atomic E-state index is -0.320. The molecule has 0 unspecified atom stereocenters. The van der Waals surface area contributed by atoms with E-state index in [1.165, 1.54) is 36.6 Å². The molecule has 2 amide bonds. The highest BCUT2D eigenvalue weighted by Gasteiger charge is 2.09. The number of carbonyl (C=O) groups is 2. The van der Waals surface area contributed by atoms with Crippen LogP contribution < -0.4 is 10.7 Å². The minimum absolute atomic E-state index is 0.139. The van der Waals surface area contributed by atoms with Crippen molar-refractivity contribution < 1.29 is 14.0 Å². The monoisotopic (exact) mass is 381 g/mol. The largest absolute Gasteiger partial charge is 0.326 e. The maximum Gasteiger partial charge on any atom is 0.281 e. The molecule has 0 saturated heterocycles. The van der Waals surface area contributed by atoms with Crippen molar-refractivity contribution in [2.24, 2.45) is 5.10 Å². The van der Waals surface area contributed by atoms with Crippen molar-refractivity contribution in [3.8, 4) is 10.4 Å². The molecule has 3 rings (SSSR count). The van der Waals surface area contributed by atoms with Gasteiger partial charge in [0, 0.05) is 17.5 Å². The van der Waals surface area contributed by atoms with Crippen LogP contribution in [0.3, 0.4) is 0 Å². The Morgan fingerprint density at radius 1 is 1.00 bits per heavy atom. The summed E-state index contributed by atoms with van der Waals surface area (Å²) in [5, 5.41) is 6.62. The molecule has 0 aliphatic carbocycles. The van der Waals surface area contributed by atoms with Crippen molar-refractivity contribution in [1.82, 2.24) is 5.43 Å². The SMILES string of the molecule is CC(=O)Nc1ccc(/C=N\NC(=O)c2ccc(-c3ccc(F)cc3)s2)cc1. The number of benzene rings is 2. The van der Waals surface area contributed by atoms with Crippen LogP contribution in [0.15, 0.2) is 65.8 Å². The fraction of sp³-hybridized carbons (Fsp3) is 0.0500. The number of anilines is 1. The topological polar surface area (TPSA) is 70.6 Å². The van der Waals surface area contributed by atoms with Crippen LogP contribution in [-0.2, 0) is 4.79 Å². The number of carbonyl (C=O) groups excluding carboxylic acids is 2. The van der Waals surface area contributed by atoms with E-state index in [1.807, 2.05) is 6.07 Å². The van der Waals surface area contributed by atoms with E-state index in [4.69, 9.17) is 0 Å². The molecule has 0 bridgehead atoms. The van der Waals surface area contributed by atoms with Gasteiger partial charge >= 0.3 is 0 Å². The number of halogens is 1. The second kappa shape index (κ2) is 8.37. The van der Waals surface area contributed by atoms with Crippen LogP contribution in [0, 0.1) is 5.82 Å². The predicted octanol–water partition coefficient (Wildman–Crippen LogP) is 4.28. The number of hydrogen-bond donors (Lipinski definition) is 2. The first-order chi connectivity index (χ1) is 13.0. The maximum atomic E-state index is 13.0. The molecule has 2 aromatic carbocycles. The third-order valence-corrected chi connectivity index (χ3v) is 4.70. The Balaban J connectivity index is 1.60. The number of hydrazone groups is 1. The Bertz CT molecular complexity index is 979. The summed E-state index contributed by atoms with van der Waals surface area (Å²) in [4.78, 5) is 24.6. The van der Waals surface area contributed by atoms with Gasteiger partial charge in [0.15, 0.2) is 0 Å². The van der Waals surface area contributed by atoms with Gasteiger partial charge in [-0.1, -0.05) is 24.3 Å². The minimum Gasteiger partial charge on any atom is -0.326 e. The third-order valence-electron chi connectivity index (χ3n) is 3.57. The molecule has 0 spiro atoms. The van der Waals surface area contributed by atoms with Gasteiger partial charge in [-0.2, -0.15) is 5.10 Å². The molecule has 0 atom stereocenters. The third kappa shape index (κ3) is 5.08. The molecule has 0 aliphatic heterocycles. The summed E-state index contributed by atoms with van der Waals surface area (Å²) in [6.07, 6.45) is 1.52. The van der Waals surface area contributed by atoms with Crippen molar-refractivity contribution in [3.63, 3.8) is 0 Å². The molecule has 27 heavy (non-hydrogen) atoms. The van der Waals surface area contributed by atoms with E-state index in [0.29, 0.717) is 10.6 Å². The first-order valence-electron chi connectivity index (χ1n) is 8.08. The Kier molecular flexibility index (Phi) is 5.73. The van der Waals surface area contributed by atoms with Gasteiger partial charge in [0.1, 0.15) is 5.82 Å². The molecule has 0 radical (unpaired) electrons. The van der Waals surface area contributed by atoms with Gasteiger partial charge in [0.2, 0.25) is 5.91 Å². The molecular formula is C20H16FN3O2S. The van der Waals surface area contributed by atoms with Crippen molar-refractivity contribution in [2.75, 3.05) is 5.32 Å². The Morgan fingerprint density at radius 3 is 2.37 bits per heavy atom. The molecule has 136 valence electrons. The lowest BCUT2D eigenvalue weighted by molar-refractivity contribution is -0.114. The quantitative estimate of drug-likeness (QED) is 0.512. The summed E-state index contributed by atoms with van der Waals surface area (Å²) in [5.41, 5.74) is 4.80. The normalized spacial score (nSPS) is 10.7. The number of nitrogens with zero attached hydrogens (tertiary/aromatic N) is 1. The van der Waals surface area contributed by atoms with Gasteiger partial charge in [0.25, 0.3) is 5.91 Å². The zero-order chi connectivity index (χ0) is 19.2. The molecule has 3 aromatic rings. The van der Waals surface area contributed by atoms with Gasteiger partial charge in [-0.3, -0.25) is 9.59 Å². The van der Waals surface area contributed by atoms with Crippen LogP contribution in [0.2, 0.25) is 0 Å². The van der Waals surface area contributed by atoms with E-state index >= 15 is 0 Å². The number of nitrogens with one attached hydrogen (secondary N) is 2. The summed E-state index contributed by atoms with van der Waals surface area (Å²) < 4.78 is 13.0. The van der Waals surface area contributed by atoms with Gasteiger partial charge in [-0.15, -0.1) is 11.3 Å². The number of hydrogen-bond acceptors (Lipinski definition) is 4. The fourth-order valence-corrected chi connectivity index (χ4v) is 3.21. The first-order valence-corrected chi connectivity index (χ1v) is 8.90. The van der Waals surface area contributed by atoms with Crippen LogP contribution in [0.25, 0.3) is 10.4 Å². The second-order valence-electron chi connectivity index (χ2n) is 5.67. The standard InChI is InChI=1S/C20H16FN3O2S/c1-13(25)23-17-8-2-14(3-9-17)12-22-24-20(26)19-11-10-18(27-19)15-4-6-16(21)7-5-15/h2-12H,1H3,(H,23,25)(H,24,26)/b22-12-. The first kappa shape index (κ1) is 18.5. The van der Waals surface area contributed by atoms with E-state index in [1.54, 1.807) is 42.5 Å². The lowest BCUT2D eigenvalue weighted by atomic mass is 10.2. The van der Waals surface area contributed by atoms with E-state index in [9.17, 15) is 14.0 Å². The van der Waals surface area contributed by atoms with Crippen molar-refractivity contribution in [2.45, 2.75) is 6.92 Å². The molecule has 1 aromatic heterocycles. The lowest BCUT2D eigenvalue weighted by Crippen LogP contribution is -2.16. The van der Waals surface area contributed by atoms with E-state index in [-0.39, 0.29) is 17.6 Å². The van der Waals surface area contributed by atoms with Crippen LogP contribution in [0.5, 0.6) is 0 Å². The molecule has 7 heteroatoms. The number of rotatable bonds is 5. The summed E-state index contributed by atoms with van der Waals surface area (Å²) in [6.45, 7) is 1.44. The second-order valence-corrected chi connectivity index (χ2v) is 6.76. The Morgan fingerprint density at radius 2 is 1.70 bits per heavy atom. The summed E-state index contributed by atoms with van der Waals surface area (Å²) in [5.74, 6) is -0.758. The van der Waals surface area contributed by atoms with Crippen LogP contribution in [-0.4, -0.2) is 18.0 Å². The summed E-state index contributed by atoms with van der Waals surface area (Å²) in [6, 6.07) is 16.7. The van der Waals surface area contributed by atoms with E-state index < -0.39 is 0 Å². The molecule has 5 nitrogen and oxygen atoms in total.